The van der Waals surface area contributed by atoms with Gasteiger partial charge in [-0.1, -0.05) is 31.5 Å². The molecule has 0 aromatic heterocycles. The standard InChI is InChI=1S/C13H14ClF3O/c1-11(2)6-12(11,7-18)9-4-3-8(14)5-10(9)13(15,16)17/h3-5,18H,6-7H2,1-2H3. The number of hydrogen-bond donors (Lipinski definition) is 1. The maximum absolute atomic E-state index is 13.0. The number of aliphatic hydroxyl groups excluding tert-OH is 1. The summed E-state index contributed by atoms with van der Waals surface area (Å²) in [5.41, 5.74) is -1.72. The maximum atomic E-state index is 13.0. The normalized spacial score (nSPS) is 26.2. The van der Waals surface area contributed by atoms with Gasteiger partial charge in [0.15, 0.2) is 0 Å². The van der Waals surface area contributed by atoms with Crippen LogP contribution in [-0.4, -0.2) is 11.7 Å². The molecule has 100 valence electrons. The molecular formula is C13H14ClF3O. The fourth-order valence-electron chi connectivity index (χ4n) is 2.69. The van der Waals surface area contributed by atoms with E-state index in [1.165, 1.54) is 12.1 Å². The molecule has 1 aromatic carbocycles. The Morgan fingerprint density at radius 3 is 2.28 bits per heavy atom. The summed E-state index contributed by atoms with van der Waals surface area (Å²) >= 11 is 5.65. The highest BCUT2D eigenvalue weighted by Gasteiger charge is 2.63. The molecule has 1 fully saturated rings. The molecule has 1 aromatic rings. The summed E-state index contributed by atoms with van der Waals surface area (Å²) in [5, 5.41) is 9.56. The first-order valence-corrected chi connectivity index (χ1v) is 6.00. The molecule has 1 saturated carbocycles. The highest BCUT2D eigenvalue weighted by molar-refractivity contribution is 6.30. The van der Waals surface area contributed by atoms with E-state index >= 15 is 0 Å². The fraction of sp³-hybridized carbons (Fsp3) is 0.538. The van der Waals surface area contributed by atoms with Gasteiger partial charge < -0.3 is 5.11 Å². The quantitative estimate of drug-likeness (QED) is 0.866. The first-order valence-electron chi connectivity index (χ1n) is 5.62. The largest absolute Gasteiger partial charge is 0.416 e. The Morgan fingerprint density at radius 1 is 1.33 bits per heavy atom. The Morgan fingerprint density at radius 2 is 1.89 bits per heavy atom. The Labute approximate surface area is 109 Å². The van der Waals surface area contributed by atoms with Crippen molar-refractivity contribution in [1.29, 1.82) is 0 Å². The van der Waals surface area contributed by atoms with Gasteiger partial charge in [-0.3, -0.25) is 0 Å². The topological polar surface area (TPSA) is 20.2 Å². The third kappa shape index (κ3) is 1.91. The fourth-order valence-corrected chi connectivity index (χ4v) is 2.87. The van der Waals surface area contributed by atoms with Crippen molar-refractivity contribution < 1.29 is 18.3 Å². The van der Waals surface area contributed by atoms with Gasteiger partial charge in [0.05, 0.1) is 12.2 Å². The van der Waals surface area contributed by atoms with Crippen LogP contribution in [0.2, 0.25) is 5.02 Å². The van der Waals surface area contributed by atoms with Crippen molar-refractivity contribution >= 4 is 11.6 Å². The number of alkyl halides is 3. The molecule has 1 nitrogen and oxygen atoms in total. The van der Waals surface area contributed by atoms with Crippen molar-refractivity contribution in [2.75, 3.05) is 6.61 Å². The Hall–Kier alpha value is -0.740. The second kappa shape index (κ2) is 3.87. The zero-order valence-electron chi connectivity index (χ0n) is 10.1. The number of benzene rings is 1. The van der Waals surface area contributed by atoms with Gasteiger partial charge in [0.25, 0.3) is 0 Å². The Kier molecular flexibility index (Phi) is 2.95. The molecule has 18 heavy (non-hydrogen) atoms. The molecule has 0 heterocycles. The smallest absolute Gasteiger partial charge is 0.395 e. The number of halogens is 4. The van der Waals surface area contributed by atoms with Gasteiger partial charge in [-0.25, -0.2) is 0 Å². The van der Waals surface area contributed by atoms with E-state index in [2.05, 4.69) is 0 Å². The van der Waals surface area contributed by atoms with Crippen LogP contribution < -0.4 is 0 Å². The molecule has 0 aliphatic heterocycles. The van der Waals surface area contributed by atoms with Crippen LogP contribution in [0.5, 0.6) is 0 Å². The lowest BCUT2D eigenvalue weighted by atomic mass is 9.85. The van der Waals surface area contributed by atoms with Crippen molar-refractivity contribution in [1.82, 2.24) is 0 Å². The highest BCUT2D eigenvalue weighted by atomic mass is 35.5. The van der Waals surface area contributed by atoms with E-state index in [4.69, 9.17) is 11.6 Å². The summed E-state index contributed by atoms with van der Waals surface area (Å²) < 4.78 is 39.1. The third-order valence-corrected chi connectivity index (χ3v) is 4.22. The van der Waals surface area contributed by atoms with Crippen LogP contribution in [-0.2, 0) is 11.6 Å². The van der Waals surface area contributed by atoms with Gasteiger partial charge in [-0.2, -0.15) is 13.2 Å². The van der Waals surface area contributed by atoms with E-state index in [0.717, 1.165) is 6.07 Å². The maximum Gasteiger partial charge on any atom is 0.416 e. The van der Waals surface area contributed by atoms with E-state index in [1.807, 2.05) is 13.8 Å². The molecule has 1 unspecified atom stereocenters. The Balaban J connectivity index is 2.59. The number of hydrogen-bond acceptors (Lipinski definition) is 1. The summed E-state index contributed by atoms with van der Waals surface area (Å²) in [4.78, 5) is 0. The van der Waals surface area contributed by atoms with Crippen molar-refractivity contribution in [3.63, 3.8) is 0 Å². The molecule has 0 saturated heterocycles. The van der Waals surface area contributed by atoms with Gasteiger partial charge in [-0.15, -0.1) is 0 Å². The molecule has 0 spiro atoms. The average molecular weight is 279 g/mol. The molecule has 1 aliphatic rings. The summed E-state index contributed by atoms with van der Waals surface area (Å²) in [6.07, 6.45) is -3.91. The van der Waals surface area contributed by atoms with E-state index in [9.17, 15) is 18.3 Å². The van der Waals surface area contributed by atoms with Gasteiger partial charge in [0, 0.05) is 10.4 Å². The van der Waals surface area contributed by atoms with Gasteiger partial charge in [-0.05, 0) is 29.5 Å². The lowest BCUT2D eigenvalue weighted by molar-refractivity contribution is -0.138. The van der Waals surface area contributed by atoms with Crippen molar-refractivity contribution in [3.8, 4) is 0 Å². The molecular weight excluding hydrogens is 265 g/mol. The number of rotatable bonds is 2. The zero-order valence-corrected chi connectivity index (χ0v) is 10.9. The highest BCUT2D eigenvalue weighted by Crippen LogP contribution is 2.65. The van der Waals surface area contributed by atoms with Crippen LogP contribution >= 0.6 is 11.6 Å². The summed E-state index contributed by atoms with van der Waals surface area (Å²) in [7, 11) is 0. The molecule has 0 amide bonds. The second-order valence-electron chi connectivity index (χ2n) is 5.49. The van der Waals surface area contributed by atoms with Gasteiger partial charge >= 0.3 is 6.18 Å². The molecule has 0 radical (unpaired) electrons. The van der Waals surface area contributed by atoms with E-state index < -0.39 is 17.2 Å². The van der Waals surface area contributed by atoms with Crippen LogP contribution in [0.3, 0.4) is 0 Å². The van der Waals surface area contributed by atoms with Crippen molar-refractivity contribution in [2.45, 2.75) is 31.9 Å². The lowest BCUT2D eigenvalue weighted by Crippen LogP contribution is -2.24. The van der Waals surface area contributed by atoms with Crippen molar-refractivity contribution in [3.05, 3.63) is 34.3 Å². The molecule has 1 N–H and O–H groups in total. The van der Waals surface area contributed by atoms with Crippen LogP contribution in [0.25, 0.3) is 0 Å². The van der Waals surface area contributed by atoms with Crippen LogP contribution in [0.4, 0.5) is 13.2 Å². The summed E-state index contributed by atoms with van der Waals surface area (Å²) in [5.74, 6) is 0. The van der Waals surface area contributed by atoms with Crippen LogP contribution in [0.15, 0.2) is 18.2 Å². The SMILES string of the molecule is CC1(C)CC1(CO)c1ccc(Cl)cc1C(F)(F)F. The molecule has 1 aliphatic carbocycles. The molecule has 5 heteroatoms. The monoisotopic (exact) mass is 278 g/mol. The van der Waals surface area contributed by atoms with Crippen molar-refractivity contribution in [2.24, 2.45) is 5.41 Å². The second-order valence-corrected chi connectivity index (χ2v) is 5.92. The Bertz CT molecular complexity index is 482. The summed E-state index contributed by atoms with van der Waals surface area (Å²) in [6.45, 7) is 3.43. The third-order valence-electron chi connectivity index (χ3n) is 3.99. The predicted molar refractivity (Wildman–Crippen MR) is 63.6 cm³/mol. The lowest BCUT2D eigenvalue weighted by Gasteiger charge is -2.23. The van der Waals surface area contributed by atoms with E-state index in [0.29, 0.717) is 6.42 Å². The molecule has 0 bridgehead atoms. The minimum absolute atomic E-state index is 0.0534. The predicted octanol–water partition coefficient (Wildman–Crippen LogP) is 4.02. The molecule has 2 rings (SSSR count). The van der Waals surface area contributed by atoms with Gasteiger partial charge in [0.1, 0.15) is 0 Å². The number of aliphatic hydroxyl groups is 1. The molecule has 1 atom stereocenters. The first kappa shape index (κ1) is 13.7. The van der Waals surface area contributed by atoms with E-state index in [-0.39, 0.29) is 22.6 Å². The van der Waals surface area contributed by atoms with Crippen LogP contribution in [0, 0.1) is 5.41 Å². The minimum atomic E-state index is -4.46. The van der Waals surface area contributed by atoms with Crippen LogP contribution in [0.1, 0.15) is 31.4 Å². The average Bonchev–Trinajstić information content (AvgIpc) is 2.81. The minimum Gasteiger partial charge on any atom is -0.395 e. The zero-order chi connectivity index (χ0) is 13.8. The van der Waals surface area contributed by atoms with Gasteiger partial charge in [0.2, 0.25) is 0 Å². The summed E-state index contributed by atoms with van der Waals surface area (Å²) in [6, 6.07) is 3.76. The van der Waals surface area contributed by atoms with E-state index in [1.54, 1.807) is 0 Å². The first-order chi connectivity index (χ1) is 8.14.